The fourth-order valence-electron chi connectivity index (χ4n) is 1.39. The van der Waals surface area contributed by atoms with Gasteiger partial charge in [-0.2, -0.15) is 0 Å². The molecule has 115 valence electrons. The van der Waals surface area contributed by atoms with Crippen LogP contribution in [-0.4, -0.2) is 0 Å². The summed E-state index contributed by atoms with van der Waals surface area (Å²) < 4.78 is 0. The molecule has 0 aliphatic heterocycles. The number of allylic oxidation sites excluding steroid dienone is 17. The molecule has 1 radical (unpaired) electrons. The van der Waals surface area contributed by atoms with Crippen molar-refractivity contribution in [1.82, 2.24) is 0 Å². The largest absolute Gasteiger partial charge is 0.0845 e. The van der Waals surface area contributed by atoms with E-state index in [0.29, 0.717) is 0 Å². The third-order valence-corrected chi connectivity index (χ3v) is 2.53. The van der Waals surface area contributed by atoms with Crippen LogP contribution >= 0.6 is 0 Å². The molecule has 22 heavy (non-hydrogen) atoms. The van der Waals surface area contributed by atoms with Gasteiger partial charge in [0.2, 0.25) is 0 Å². The van der Waals surface area contributed by atoms with Gasteiger partial charge in [-0.3, -0.25) is 0 Å². The summed E-state index contributed by atoms with van der Waals surface area (Å²) >= 11 is 0. The van der Waals surface area contributed by atoms with E-state index in [1.807, 2.05) is 72.9 Å². The lowest BCUT2D eigenvalue weighted by Crippen LogP contribution is -1.64. The van der Waals surface area contributed by atoms with Crippen LogP contribution in [0.2, 0.25) is 0 Å². The Kier molecular flexibility index (Phi) is 16.7. The molecule has 0 aliphatic carbocycles. The molecule has 0 saturated heterocycles. The van der Waals surface area contributed by atoms with E-state index in [4.69, 9.17) is 6.58 Å². The van der Waals surface area contributed by atoms with Crippen molar-refractivity contribution in [3.05, 3.63) is 110 Å². The Morgan fingerprint density at radius 2 is 0.909 bits per heavy atom. The molecule has 0 aromatic carbocycles. The van der Waals surface area contributed by atoms with E-state index in [1.165, 1.54) is 25.3 Å². The monoisotopic (exact) mass is 291 g/mol. The van der Waals surface area contributed by atoms with E-state index in [1.54, 1.807) is 6.08 Å². The molecular formula is C22H27. The van der Waals surface area contributed by atoms with Crippen LogP contribution in [0.4, 0.5) is 0 Å². The Bertz CT molecular complexity index is 474. The Labute approximate surface area is 136 Å². The quantitative estimate of drug-likeness (QED) is 0.296. The van der Waals surface area contributed by atoms with Gasteiger partial charge in [-0.05, 0) is 6.42 Å². The summed E-state index contributed by atoms with van der Waals surface area (Å²) in [5, 5.41) is 0. The molecule has 0 atom stereocenters. The van der Waals surface area contributed by atoms with Gasteiger partial charge in [0.1, 0.15) is 0 Å². The normalized spacial score (nSPS) is 13.9. The van der Waals surface area contributed by atoms with Crippen molar-refractivity contribution in [2.45, 2.75) is 26.2 Å². The Morgan fingerprint density at radius 3 is 1.27 bits per heavy atom. The van der Waals surface area contributed by atoms with Crippen LogP contribution in [0.5, 0.6) is 0 Å². The van der Waals surface area contributed by atoms with E-state index in [9.17, 15) is 0 Å². The predicted molar refractivity (Wildman–Crippen MR) is 102 cm³/mol. The average Bonchev–Trinajstić information content (AvgIpc) is 2.54. The highest BCUT2D eigenvalue weighted by Gasteiger charge is 1.74. The van der Waals surface area contributed by atoms with Crippen LogP contribution in [0.1, 0.15) is 26.2 Å². The van der Waals surface area contributed by atoms with Crippen LogP contribution in [0.25, 0.3) is 0 Å². The van der Waals surface area contributed by atoms with Gasteiger partial charge < -0.3 is 0 Å². The second kappa shape index (κ2) is 18.7. The second-order valence-corrected chi connectivity index (χ2v) is 4.46. The maximum atomic E-state index is 5.20. The maximum absolute atomic E-state index is 5.20. The minimum absolute atomic E-state index is 1.17. The highest BCUT2D eigenvalue weighted by molar-refractivity contribution is 5.21. The first-order valence-corrected chi connectivity index (χ1v) is 7.78. The fraction of sp³-hybridized carbons (Fsp3) is 0.182. The summed E-state index contributed by atoms with van der Waals surface area (Å²) in [6.45, 7) is 7.41. The highest BCUT2D eigenvalue weighted by Crippen LogP contribution is 1.95. The summed E-state index contributed by atoms with van der Waals surface area (Å²) in [6, 6.07) is 0. The molecule has 0 nitrogen and oxygen atoms in total. The summed E-state index contributed by atoms with van der Waals surface area (Å²) in [4.78, 5) is 0. The predicted octanol–water partition coefficient (Wildman–Crippen LogP) is 6.62. The SMILES string of the molecule is [CH]=CC=CC=CC=CC=CC=CC=CC=CC=CCCCC. The van der Waals surface area contributed by atoms with E-state index in [0.717, 1.165) is 0 Å². The first kappa shape index (κ1) is 19.7. The summed E-state index contributed by atoms with van der Waals surface area (Å²) in [5.74, 6) is 0. The van der Waals surface area contributed by atoms with Crippen molar-refractivity contribution in [3.8, 4) is 0 Å². The highest BCUT2D eigenvalue weighted by atomic mass is 13.8. The second-order valence-electron chi connectivity index (χ2n) is 4.46. The average molecular weight is 291 g/mol. The molecule has 0 saturated carbocycles. The van der Waals surface area contributed by atoms with Crippen molar-refractivity contribution in [1.29, 1.82) is 0 Å². The first-order valence-electron chi connectivity index (χ1n) is 7.78. The van der Waals surface area contributed by atoms with Crippen LogP contribution in [0.3, 0.4) is 0 Å². The maximum Gasteiger partial charge on any atom is -0.0348 e. The molecule has 0 aromatic heterocycles. The van der Waals surface area contributed by atoms with Crippen molar-refractivity contribution in [2.75, 3.05) is 0 Å². The molecule has 0 N–H and O–H groups in total. The zero-order valence-electron chi connectivity index (χ0n) is 13.5. The fourth-order valence-corrected chi connectivity index (χ4v) is 1.39. The van der Waals surface area contributed by atoms with Crippen LogP contribution in [-0.2, 0) is 0 Å². The molecule has 0 rings (SSSR count). The minimum atomic E-state index is 1.17. The van der Waals surface area contributed by atoms with E-state index in [-0.39, 0.29) is 0 Å². The summed E-state index contributed by atoms with van der Waals surface area (Å²) in [6.07, 6.45) is 37.1. The van der Waals surface area contributed by atoms with Gasteiger partial charge >= 0.3 is 0 Å². The van der Waals surface area contributed by atoms with Gasteiger partial charge in [0.15, 0.2) is 0 Å². The number of hydrogen-bond donors (Lipinski definition) is 0. The molecule has 0 aliphatic rings. The Hall–Kier alpha value is -2.34. The van der Waals surface area contributed by atoms with E-state index in [2.05, 4.69) is 25.2 Å². The van der Waals surface area contributed by atoms with Crippen molar-refractivity contribution >= 4 is 0 Å². The van der Waals surface area contributed by atoms with Crippen molar-refractivity contribution in [2.24, 2.45) is 0 Å². The van der Waals surface area contributed by atoms with Crippen molar-refractivity contribution in [3.63, 3.8) is 0 Å². The third-order valence-electron chi connectivity index (χ3n) is 2.53. The number of rotatable bonds is 11. The van der Waals surface area contributed by atoms with Crippen LogP contribution in [0, 0.1) is 6.58 Å². The van der Waals surface area contributed by atoms with Gasteiger partial charge in [0.05, 0.1) is 0 Å². The smallest absolute Gasteiger partial charge is 0.0348 e. The summed E-state index contributed by atoms with van der Waals surface area (Å²) in [7, 11) is 0. The van der Waals surface area contributed by atoms with Gasteiger partial charge in [-0.1, -0.05) is 130 Å². The lowest BCUT2D eigenvalue weighted by molar-refractivity contribution is 0.815. The van der Waals surface area contributed by atoms with Crippen LogP contribution in [0.15, 0.2) is 103 Å². The molecule has 0 spiro atoms. The lowest BCUT2D eigenvalue weighted by Gasteiger charge is -1.84. The topological polar surface area (TPSA) is 0 Å². The third kappa shape index (κ3) is 17.7. The molecule has 0 unspecified atom stereocenters. The molecule has 0 heteroatoms. The van der Waals surface area contributed by atoms with Crippen LogP contribution < -0.4 is 0 Å². The van der Waals surface area contributed by atoms with E-state index < -0.39 is 0 Å². The molecule has 0 fully saturated rings. The standard InChI is InChI=1S/C22H27/c1-3-5-7-9-11-13-15-17-19-21-22-20-18-16-14-12-10-8-6-4-2/h1,3,5,7,9-22H,4,6,8H2,2H3. The number of hydrogen-bond acceptors (Lipinski definition) is 0. The Balaban J connectivity index is 3.80. The molecule has 0 heterocycles. The minimum Gasteiger partial charge on any atom is -0.0845 e. The Morgan fingerprint density at radius 1 is 0.545 bits per heavy atom. The number of unbranched alkanes of at least 4 members (excludes halogenated alkanes) is 2. The lowest BCUT2D eigenvalue weighted by atomic mass is 10.2. The van der Waals surface area contributed by atoms with Gasteiger partial charge in [0.25, 0.3) is 0 Å². The van der Waals surface area contributed by atoms with Crippen molar-refractivity contribution < 1.29 is 0 Å². The molecule has 0 aromatic rings. The first-order chi connectivity index (χ1) is 10.9. The molecule has 0 bridgehead atoms. The molecule has 0 amide bonds. The zero-order valence-corrected chi connectivity index (χ0v) is 13.5. The summed E-state index contributed by atoms with van der Waals surface area (Å²) in [5.41, 5.74) is 0. The van der Waals surface area contributed by atoms with Gasteiger partial charge in [-0.25, -0.2) is 0 Å². The molecular weight excluding hydrogens is 264 g/mol. The van der Waals surface area contributed by atoms with E-state index >= 15 is 0 Å². The van der Waals surface area contributed by atoms with Gasteiger partial charge in [-0.15, -0.1) is 0 Å². The zero-order chi connectivity index (χ0) is 16.1. The van der Waals surface area contributed by atoms with Gasteiger partial charge in [0, 0.05) is 0 Å².